The highest BCUT2D eigenvalue weighted by Crippen LogP contribution is 2.34. The summed E-state index contributed by atoms with van der Waals surface area (Å²) in [7, 11) is 0. The van der Waals surface area contributed by atoms with E-state index in [1.54, 1.807) is 12.3 Å². The average Bonchev–Trinajstić information content (AvgIpc) is 2.87. The number of anilines is 1. The van der Waals surface area contributed by atoms with Crippen LogP contribution in [-0.2, 0) is 32.5 Å². The van der Waals surface area contributed by atoms with Crippen molar-refractivity contribution < 1.29 is 9.50 Å². The monoisotopic (exact) mass is 335 g/mol. The van der Waals surface area contributed by atoms with E-state index in [1.165, 1.54) is 5.69 Å². The molecule has 0 bridgehead atoms. The first kappa shape index (κ1) is 15.0. The maximum atomic E-state index is 14.8. The van der Waals surface area contributed by atoms with E-state index in [0.29, 0.717) is 22.9 Å². The Labute approximate surface area is 139 Å². The van der Waals surface area contributed by atoms with Crippen LogP contribution in [0.4, 0.5) is 10.2 Å². The van der Waals surface area contributed by atoms with Crippen molar-refractivity contribution in [1.29, 1.82) is 0 Å². The van der Waals surface area contributed by atoms with Gasteiger partial charge in [-0.05, 0) is 31.7 Å². The minimum absolute atomic E-state index is 0.0445. The predicted molar refractivity (Wildman–Crippen MR) is 87.3 cm³/mol. The van der Waals surface area contributed by atoms with E-state index in [-0.39, 0.29) is 12.4 Å². The standard InChI is InChI=1S/C17H19ClFN3O/c18-13-5-6-20-17(12(13)10-23)21-7-8-22-14-4-2-1-3-11(14)16(19)15(22)9-21/h5-6,23H,1-4,7-10H2. The van der Waals surface area contributed by atoms with Crippen molar-refractivity contribution in [2.75, 3.05) is 11.4 Å². The van der Waals surface area contributed by atoms with Gasteiger partial charge in [0.05, 0.1) is 23.9 Å². The Hall–Kier alpha value is -1.59. The molecule has 1 N–H and O–H groups in total. The molecule has 0 radical (unpaired) electrons. The van der Waals surface area contributed by atoms with Crippen LogP contribution in [0.5, 0.6) is 0 Å². The van der Waals surface area contributed by atoms with Gasteiger partial charge in [0, 0.05) is 36.1 Å². The highest BCUT2D eigenvalue weighted by Gasteiger charge is 2.30. The van der Waals surface area contributed by atoms with Gasteiger partial charge in [0.1, 0.15) is 11.6 Å². The third-order valence-electron chi connectivity index (χ3n) is 4.98. The molecule has 0 atom stereocenters. The molecule has 2 aromatic rings. The van der Waals surface area contributed by atoms with Gasteiger partial charge in [-0.15, -0.1) is 0 Å². The minimum atomic E-state index is -0.168. The summed E-state index contributed by atoms with van der Waals surface area (Å²) >= 11 is 6.16. The normalized spacial score (nSPS) is 17.1. The molecule has 2 aliphatic rings. The summed E-state index contributed by atoms with van der Waals surface area (Å²) in [5.74, 6) is 0.613. The van der Waals surface area contributed by atoms with Gasteiger partial charge in [0.25, 0.3) is 0 Å². The molecular weight excluding hydrogens is 317 g/mol. The summed E-state index contributed by atoms with van der Waals surface area (Å²) in [6.07, 6.45) is 5.67. The number of pyridine rings is 1. The molecule has 0 saturated carbocycles. The molecule has 3 heterocycles. The van der Waals surface area contributed by atoms with Crippen LogP contribution in [0, 0.1) is 5.82 Å². The van der Waals surface area contributed by atoms with Crippen LogP contribution in [-0.4, -0.2) is 21.2 Å². The largest absolute Gasteiger partial charge is 0.391 e. The highest BCUT2D eigenvalue weighted by molar-refractivity contribution is 6.31. The van der Waals surface area contributed by atoms with Crippen LogP contribution in [0.25, 0.3) is 0 Å². The zero-order valence-corrected chi connectivity index (χ0v) is 13.6. The first-order valence-electron chi connectivity index (χ1n) is 8.08. The Morgan fingerprint density at radius 2 is 2.04 bits per heavy atom. The third kappa shape index (κ3) is 2.34. The van der Waals surface area contributed by atoms with E-state index < -0.39 is 0 Å². The third-order valence-corrected chi connectivity index (χ3v) is 5.33. The van der Waals surface area contributed by atoms with Crippen molar-refractivity contribution in [1.82, 2.24) is 9.55 Å². The van der Waals surface area contributed by atoms with Crippen LogP contribution in [0.1, 0.15) is 35.4 Å². The van der Waals surface area contributed by atoms with Crippen LogP contribution < -0.4 is 4.90 Å². The molecular formula is C17H19ClFN3O. The van der Waals surface area contributed by atoms with Crippen LogP contribution in [0.15, 0.2) is 12.3 Å². The number of aliphatic hydroxyl groups is 1. The van der Waals surface area contributed by atoms with E-state index in [1.807, 2.05) is 4.90 Å². The number of hydrogen-bond donors (Lipinski definition) is 1. The first-order valence-corrected chi connectivity index (χ1v) is 8.46. The van der Waals surface area contributed by atoms with Gasteiger partial charge in [0.2, 0.25) is 0 Å². The summed E-state index contributed by atoms with van der Waals surface area (Å²) in [5.41, 5.74) is 3.45. The van der Waals surface area contributed by atoms with Crippen LogP contribution in [0.3, 0.4) is 0 Å². The van der Waals surface area contributed by atoms with Crippen LogP contribution >= 0.6 is 11.6 Å². The molecule has 0 spiro atoms. The van der Waals surface area contributed by atoms with E-state index in [2.05, 4.69) is 9.55 Å². The lowest BCUT2D eigenvalue weighted by atomic mass is 9.97. The van der Waals surface area contributed by atoms with Crippen LogP contribution in [0.2, 0.25) is 5.02 Å². The van der Waals surface area contributed by atoms with E-state index >= 15 is 0 Å². The van der Waals surface area contributed by atoms with Gasteiger partial charge in [-0.3, -0.25) is 0 Å². The zero-order chi connectivity index (χ0) is 16.0. The van der Waals surface area contributed by atoms with E-state index in [4.69, 9.17) is 11.6 Å². The maximum Gasteiger partial charge on any atom is 0.149 e. The summed E-state index contributed by atoms with van der Waals surface area (Å²) in [4.78, 5) is 6.38. The molecule has 2 aromatic heterocycles. The van der Waals surface area contributed by atoms with Crippen molar-refractivity contribution in [3.63, 3.8) is 0 Å². The van der Waals surface area contributed by atoms with Crippen molar-refractivity contribution in [2.24, 2.45) is 0 Å². The number of nitrogens with zero attached hydrogens (tertiary/aromatic N) is 3. The molecule has 6 heteroatoms. The van der Waals surface area contributed by atoms with Gasteiger partial charge < -0.3 is 14.6 Å². The summed E-state index contributed by atoms with van der Waals surface area (Å²) in [6.45, 7) is 1.80. The zero-order valence-electron chi connectivity index (χ0n) is 12.9. The summed E-state index contributed by atoms with van der Waals surface area (Å²) < 4.78 is 17.0. The van der Waals surface area contributed by atoms with Crippen molar-refractivity contribution >= 4 is 17.4 Å². The highest BCUT2D eigenvalue weighted by atomic mass is 35.5. The fourth-order valence-electron chi connectivity index (χ4n) is 3.84. The van der Waals surface area contributed by atoms with Gasteiger partial charge in [0.15, 0.2) is 0 Å². The second-order valence-electron chi connectivity index (χ2n) is 6.22. The molecule has 0 saturated heterocycles. The van der Waals surface area contributed by atoms with Gasteiger partial charge in [-0.1, -0.05) is 11.6 Å². The number of aliphatic hydroxyl groups excluding tert-OH is 1. The van der Waals surface area contributed by atoms with Gasteiger partial charge in [-0.25, -0.2) is 9.37 Å². The molecule has 1 aliphatic carbocycles. The smallest absolute Gasteiger partial charge is 0.149 e. The average molecular weight is 336 g/mol. The lowest BCUT2D eigenvalue weighted by Crippen LogP contribution is -2.35. The molecule has 4 rings (SSSR count). The molecule has 0 unspecified atom stereocenters. The number of rotatable bonds is 2. The Kier molecular flexibility index (Phi) is 3.77. The van der Waals surface area contributed by atoms with E-state index in [0.717, 1.165) is 50.0 Å². The van der Waals surface area contributed by atoms with Crippen molar-refractivity contribution in [2.45, 2.75) is 45.4 Å². The molecule has 1 aliphatic heterocycles. The second-order valence-corrected chi connectivity index (χ2v) is 6.63. The quantitative estimate of drug-likeness (QED) is 0.917. The lowest BCUT2D eigenvalue weighted by molar-refractivity contribution is 0.281. The summed E-state index contributed by atoms with van der Waals surface area (Å²) in [6, 6.07) is 1.67. The van der Waals surface area contributed by atoms with Gasteiger partial charge >= 0.3 is 0 Å². The number of hydrogen-bond acceptors (Lipinski definition) is 3. The van der Waals surface area contributed by atoms with Crippen molar-refractivity contribution in [3.05, 3.63) is 45.6 Å². The fourth-order valence-corrected chi connectivity index (χ4v) is 4.04. The fraction of sp³-hybridized carbons (Fsp3) is 0.471. The summed E-state index contributed by atoms with van der Waals surface area (Å²) in [5, 5.41) is 10.1. The Morgan fingerprint density at radius 3 is 2.87 bits per heavy atom. The molecule has 23 heavy (non-hydrogen) atoms. The molecule has 122 valence electrons. The maximum absolute atomic E-state index is 14.8. The molecule has 4 nitrogen and oxygen atoms in total. The lowest BCUT2D eigenvalue weighted by Gasteiger charge is -2.32. The first-order chi connectivity index (χ1) is 11.2. The predicted octanol–water partition coefficient (Wildman–Crippen LogP) is 3.07. The Morgan fingerprint density at radius 1 is 1.22 bits per heavy atom. The number of fused-ring (bicyclic) bond motifs is 3. The molecule has 0 fully saturated rings. The Balaban J connectivity index is 1.73. The number of halogens is 2. The van der Waals surface area contributed by atoms with E-state index in [9.17, 15) is 9.50 Å². The van der Waals surface area contributed by atoms with Gasteiger partial charge in [-0.2, -0.15) is 0 Å². The van der Waals surface area contributed by atoms with Crippen molar-refractivity contribution in [3.8, 4) is 0 Å². The topological polar surface area (TPSA) is 41.3 Å². The number of aromatic nitrogens is 2. The Bertz CT molecular complexity index is 759. The second kappa shape index (κ2) is 5.80. The molecule has 0 aromatic carbocycles. The minimum Gasteiger partial charge on any atom is -0.391 e. The SMILES string of the molecule is OCc1c(Cl)ccnc1N1CCn2c(c(F)c3c2CCCC3)C1. The molecule has 0 amide bonds.